The molecule has 1 aromatic rings. The van der Waals surface area contributed by atoms with E-state index in [1.54, 1.807) is 6.07 Å². The summed E-state index contributed by atoms with van der Waals surface area (Å²) in [7, 11) is 0. The van der Waals surface area contributed by atoms with Gasteiger partial charge in [0.2, 0.25) is 0 Å². The Bertz CT molecular complexity index is 189. The van der Waals surface area contributed by atoms with Crippen molar-refractivity contribution in [2.45, 2.75) is 6.92 Å². The number of nitrogens with zero attached hydrogens (tertiary/aromatic N) is 3. The molecule has 4 nitrogen and oxygen atoms in total. The standard InChI is InChI=1S/C6H9N3O/c1-2-9(10)6-3-4-7-8-5-6/h3-5,10H,2H2,1H3. The second-order valence-corrected chi connectivity index (χ2v) is 1.82. The van der Waals surface area contributed by atoms with Gasteiger partial charge in [-0.05, 0) is 13.0 Å². The van der Waals surface area contributed by atoms with E-state index in [4.69, 9.17) is 5.21 Å². The van der Waals surface area contributed by atoms with Crippen LogP contribution < -0.4 is 5.06 Å². The first-order valence-corrected chi connectivity index (χ1v) is 3.07. The minimum atomic E-state index is 0.547. The quantitative estimate of drug-likeness (QED) is 0.612. The van der Waals surface area contributed by atoms with Gasteiger partial charge in [0.25, 0.3) is 0 Å². The van der Waals surface area contributed by atoms with Crippen LogP contribution in [0.15, 0.2) is 18.5 Å². The summed E-state index contributed by atoms with van der Waals surface area (Å²) in [6, 6.07) is 1.69. The molecule has 0 aliphatic carbocycles. The Morgan fingerprint density at radius 3 is 2.90 bits per heavy atom. The van der Waals surface area contributed by atoms with Crippen molar-refractivity contribution in [1.82, 2.24) is 10.2 Å². The topological polar surface area (TPSA) is 49.2 Å². The molecule has 0 fully saturated rings. The largest absolute Gasteiger partial charge is 0.288 e. The Labute approximate surface area is 59.1 Å². The number of hydrogen-bond acceptors (Lipinski definition) is 4. The van der Waals surface area contributed by atoms with E-state index in [1.807, 2.05) is 6.92 Å². The van der Waals surface area contributed by atoms with Gasteiger partial charge in [-0.15, -0.1) is 0 Å². The van der Waals surface area contributed by atoms with Crippen molar-refractivity contribution in [3.63, 3.8) is 0 Å². The first-order valence-electron chi connectivity index (χ1n) is 3.07. The zero-order chi connectivity index (χ0) is 7.40. The van der Waals surface area contributed by atoms with E-state index in [-0.39, 0.29) is 0 Å². The summed E-state index contributed by atoms with van der Waals surface area (Å²) in [4.78, 5) is 0. The summed E-state index contributed by atoms with van der Waals surface area (Å²) in [6.07, 6.45) is 3.04. The minimum Gasteiger partial charge on any atom is -0.288 e. The highest BCUT2D eigenvalue weighted by Gasteiger charge is 1.96. The van der Waals surface area contributed by atoms with Gasteiger partial charge in [0, 0.05) is 6.54 Å². The maximum atomic E-state index is 9.09. The fourth-order valence-corrected chi connectivity index (χ4v) is 0.619. The fraction of sp³-hybridized carbons (Fsp3) is 0.333. The van der Waals surface area contributed by atoms with Gasteiger partial charge >= 0.3 is 0 Å². The molecule has 1 rings (SSSR count). The van der Waals surface area contributed by atoms with Crippen LogP contribution in [0.1, 0.15) is 6.92 Å². The van der Waals surface area contributed by atoms with Crippen LogP contribution in [0.4, 0.5) is 5.69 Å². The van der Waals surface area contributed by atoms with Crippen molar-refractivity contribution in [2.24, 2.45) is 0 Å². The lowest BCUT2D eigenvalue weighted by Crippen LogP contribution is -2.16. The molecule has 0 spiro atoms. The maximum absolute atomic E-state index is 9.09. The lowest BCUT2D eigenvalue weighted by Gasteiger charge is -2.11. The molecule has 0 radical (unpaired) electrons. The van der Waals surface area contributed by atoms with Crippen LogP contribution >= 0.6 is 0 Å². The molecule has 0 aromatic carbocycles. The van der Waals surface area contributed by atoms with Crippen molar-refractivity contribution < 1.29 is 5.21 Å². The summed E-state index contributed by atoms with van der Waals surface area (Å²) in [5, 5.41) is 17.4. The van der Waals surface area contributed by atoms with Gasteiger partial charge in [-0.1, -0.05) is 0 Å². The highest BCUT2D eigenvalue weighted by atomic mass is 16.5. The number of rotatable bonds is 2. The first-order chi connectivity index (χ1) is 4.84. The molecule has 1 heterocycles. The van der Waals surface area contributed by atoms with Gasteiger partial charge in [-0.25, -0.2) is 0 Å². The van der Waals surface area contributed by atoms with Gasteiger partial charge in [0.15, 0.2) is 0 Å². The van der Waals surface area contributed by atoms with Crippen LogP contribution in [0.5, 0.6) is 0 Å². The monoisotopic (exact) mass is 139 g/mol. The van der Waals surface area contributed by atoms with Crippen LogP contribution in [0.25, 0.3) is 0 Å². The molecule has 54 valence electrons. The van der Waals surface area contributed by atoms with Gasteiger partial charge in [0.1, 0.15) is 0 Å². The van der Waals surface area contributed by atoms with Crippen LogP contribution in [-0.4, -0.2) is 21.9 Å². The van der Waals surface area contributed by atoms with Crippen molar-refractivity contribution >= 4 is 5.69 Å². The summed E-state index contributed by atoms with van der Waals surface area (Å²) in [6.45, 7) is 2.39. The second kappa shape index (κ2) is 3.12. The third-order valence-electron chi connectivity index (χ3n) is 1.17. The van der Waals surface area contributed by atoms with Crippen molar-refractivity contribution in [3.8, 4) is 0 Å². The Balaban J connectivity index is 2.75. The predicted octanol–water partition coefficient (Wildman–Crippen LogP) is 0.692. The van der Waals surface area contributed by atoms with Crippen molar-refractivity contribution in [1.29, 1.82) is 0 Å². The van der Waals surface area contributed by atoms with Crippen LogP contribution in [-0.2, 0) is 0 Å². The summed E-state index contributed by atoms with van der Waals surface area (Å²) >= 11 is 0. The average molecular weight is 139 g/mol. The fourth-order valence-electron chi connectivity index (χ4n) is 0.619. The number of anilines is 1. The van der Waals surface area contributed by atoms with Gasteiger partial charge in [-0.3, -0.25) is 10.3 Å². The van der Waals surface area contributed by atoms with Gasteiger partial charge < -0.3 is 0 Å². The SMILES string of the molecule is CCN(O)c1ccnnc1. The number of hydrogen-bond donors (Lipinski definition) is 1. The summed E-state index contributed by atoms with van der Waals surface area (Å²) in [5.74, 6) is 0. The summed E-state index contributed by atoms with van der Waals surface area (Å²) in [5.41, 5.74) is 0.664. The first kappa shape index (κ1) is 6.95. The Morgan fingerprint density at radius 1 is 1.60 bits per heavy atom. The molecule has 10 heavy (non-hydrogen) atoms. The molecular weight excluding hydrogens is 130 g/mol. The zero-order valence-electron chi connectivity index (χ0n) is 5.73. The van der Waals surface area contributed by atoms with Gasteiger partial charge in [0.05, 0.1) is 18.1 Å². The normalized spacial score (nSPS) is 9.40. The molecule has 0 unspecified atom stereocenters. The zero-order valence-corrected chi connectivity index (χ0v) is 5.73. The number of hydroxylamine groups is 1. The van der Waals surface area contributed by atoms with E-state index in [0.717, 1.165) is 5.06 Å². The molecule has 0 aliphatic heterocycles. The van der Waals surface area contributed by atoms with E-state index in [0.29, 0.717) is 12.2 Å². The smallest absolute Gasteiger partial charge is 0.0851 e. The molecule has 1 N–H and O–H groups in total. The Hall–Kier alpha value is -1.16. The molecule has 0 aliphatic rings. The molecule has 0 saturated carbocycles. The lowest BCUT2D eigenvalue weighted by molar-refractivity contribution is 0.259. The molecule has 0 atom stereocenters. The van der Waals surface area contributed by atoms with Crippen LogP contribution in [0.2, 0.25) is 0 Å². The minimum absolute atomic E-state index is 0.547. The maximum Gasteiger partial charge on any atom is 0.0851 e. The lowest BCUT2D eigenvalue weighted by atomic mass is 10.4. The molecule has 0 saturated heterocycles. The Kier molecular flexibility index (Phi) is 2.17. The molecule has 0 bridgehead atoms. The third-order valence-corrected chi connectivity index (χ3v) is 1.17. The molecular formula is C6H9N3O. The van der Waals surface area contributed by atoms with Gasteiger partial charge in [-0.2, -0.15) is 10.2 Å². The van der Waals surface area contributed by atoms with Crippen molar-refractivity contribution in [3.05, 3.63) is 18.5 Å². The van der Waals surface area contributed by atoms with Crippen LogP contribution in [0, 0.1) is 0 Å². The van der Waals surface area contributed by atoms with Crippen molar-refractivity contribution in [2.75, 3.05) is 11.6 Å². The summed E-state index contributed by atoms with van der Waals surface area (Å²) < 4.78 is 0. The van der Waals surface area contributed by atoms with E-state index < -0.39 is 0 Å². The molecule has 1 aromatic heterocycles. The van der Waals surface area contributed by atoms with E-state index >= 15 is 0 Å². The second-order valence-electron chi connectivity index (χ2n) is 1.82. The highest BCUT2D eigenvalue weighted by Crippen LogP contribution is 2.05. The third kappa shape index (κ3) is 1.41. The average Bonchev–Trinajstić information content (AvgIpc) is 2.05. The number of aromatic nitrogens is 2. The molecule has 0 amide bonds. The van der Waals surface area contributed by atoms with E-state index in [2.05, 4.69) is 10.2 Å². The Morgan fingerprint density at radius 2 is 2.40 bits per heavy atom. The highest BCUT2D eigenvalue weighted by molar-refractivity contribution is 5.38. The predicted molar refractivity (Wildman–Crippen MR) is 36.8 cm³/mol. The van der Waals surface area contributed by atoms with E-state index in [1.165, 1.54) is 12.4 Å². The van der Waals surface area contributed by atoms with Crippen LogP contribution in [0.3, 0.4) is 0 Å². The van der Waals surface area contributed by atoms with E-state index in [9.17, 15) is 0 Å². The molecule has 4 heteroatoms.